The molecular formula is C12H10Cl2N2O4S. The van der Waals surface area contributed by atoms with Crippen molar-refractivity contribution >= 4 is 45.0 Å². The number of rotatable bonds is 4. The van der Waals surface area contributed by atoms with Crippen molar-refractivity contribution in [1.82, 2.24) is 0 Å². The van der Waals surface area contributed by atoms with Gasteiger partial charge in [-0.25, -0.2) is 0 Å². The lowest BCUT2D eigenvalue weighted by atomic mass is 10.3. The second-order valence-electron chi connectivity index (χ2n) is 3.95. The number of benzene rings is 2. The van der Waals surface area contributed by atoms with Gasteiger partial charge in [-0.2, -0.15) is 0 Å². The van der Waals surface area contributed by atoms with Gasteiger partial charge < -0.3 is 19.8 Å². The Morgan fingerprint density at radius 1 is 0.810 bits per heavy atom. The van der Waals surface area contributed by atoms with Gasteiger partial charge in [0.25, 0.3) is 0 Å². The van der Waals surface area contributed by atoms with Crippen molar-refractivity contribution in [2.24, 2.45) is 0 Å². The van der Waals surface area contributed by atoms with Crippen molar-refractivity contribution < 1.29 is 16.8 Å². The number of anilines is 2. The molecule has 0 heterocycles. The van der Waals surface area contributed by atoms with E-state index in [9.17, 15) is 8.42 Å². The Labute approximate surface area is 131 Å². The van der Waals surface area contributed by atoms with Crippen LogP contribution in [0, 0.1) is 0 Å². The van der Waals surface area contributed by atoms with Gasteiger partial charge in [0.2, 0.25) is 0 Å². The minimum Gasteiger partial charge on any atom is -0.399 e. The number of nitrogens with two attached hydrogens (primary N) is 2. The first-order chi connectivity index (χ1) is 9.77. The first kappa shape index (κ1) is 15.6. The maximum absolute atomic E-state index is 11.8. The summed E-state index contributed by atoms with van der Waals surface area (Å²) < 4.78 is 33.1. The zero-order valence-corrected chi connectivity index (χ0v) is 12.7. The number of hydrogen-bond acceptors (Lipinski definition) is 6. The predicted octanol–water partition coefficient (Wildman–Crippen LogP) is 2.86. The normalized spacial score (nSPS) is 11.1. The van der Waals surface area contributed by atoms with E-state index in [1.807, 2.05) is 0 Å². The second kappa shape index (κ2) is 5.88. The van der Waals surface area contributed by atoms with Crippen molar-refractivity contribution in [2.75, 3.05) is 11.5 Å². The highest BCUT2D eigenvalue weighted by Gasteiger charge is 2.19. The number of nitrogen functional groups attached to an aromatic ring is 2. The molecular weight excluding hydrogens is 339 g/mol. The third kappa shape index (κ3) is 4.07. The molecule has 2 aromatic rings. The fourth-order valence-corrected chi connectivity index (χ4v) is 2.72. The summed E-state index contributed by atoms with van der Waals surface area (Å²) >= 11 is 11.6. The van der Waals surface area contributed by atoms with Gasteiger partial charge in [-0.05, 0) is 36.4 Å². The van der Waals surface area contributed by atoms with Crippen molar-refractivity contribution in [1.29, 1.82) is 0 Å². The first-order valence-corrected chi connectivity index (χ1v) is 7.60. The van der Waals surface area contributed by atoms with Crippen LogP contribution < -0.4 is 19.8 Å². The summed E-state index contributed by atoms with van der Waals surface area (Å²) in [5.74, 6) is -0.227. The Hall–Kier alpha value is -1.83. The molecule has 2 rings (SSSR count). The molecule has 0 saturated heterocycles. The molecule has 0 aliphatic heterocycles. The fraction of sp³-hybridized carbons (Fsp3) is 0. The highest BCUT2D eigenvalue weighted by atomic mass is 35.5. The van der Waals surface area contributed by atoms with Gasteiger partial charge in [0.1, 0.15) is 0 Å². The van der Waals surface area contributed by atoms with Crippen molar-refractivity contribution in [2.45, 2.75) is 0 Å². The third-order valence-corrected chi connectivity index (χ3v) is 3.65. The van der Waals surface area contributed by atoms with Crippen LogP contribution in [0.4, 0.5) is 11.4 Å². The van der Waals surface area contributed by atoms with Gasteiger partial charge in [-0.3, -0.25) is 0 Å². The van der Waals surface area contributed by atoms with E-state index in [2.05, 4.69) is 0 Å². The van der Waals surface area contributed by atoms with Gasteiger partial charge >= 0.3 is 10.4 Å². The molecule has 0 radical (unpaired) electrons. The van der Waals surface area contributed by atoms with Crippen molar-refractivity contribution in [3.05, 3.63) is 46.4 Å². The topological polar surface area (TPSA) is 105 Å². The van der Waals surface area contributed by atoms with Crippen LogP contribution in [0.15, 0.2) is 36.4 Å². The van der Waals surface area contributed by atoms with E-state index < -0.39 is 10.4 Å². The molecule has 112 valence electrons. The molecule has 6 nitrogen and oxygen atoms in total. The molecule has 21 heavy (non-hydrogen) atoms. The molecule has 2 aromatic carbocycles. The van der Waals surface area contributed by atoms with Crippen LogP contribution in [0.2, 0.25) is 10.0 Å². The number of hydrogen-bond donors (Lipinski definition) is 2. The van der Waals surface area contributed by atoms with Crippen LogP contribution in [-0.2, 0) is 10.4 Å². The summed E-state index contributed by atoms with van der Waals surface area (Å²) in [6.07, 6.45) is 0. The zero-order valence-electron chi connectivity index (χ0n) is 10.4. The quantitative estimate of drug-likeness (QED) is 0.823. The third-order valence-electron chi connectivity index (χ3n) is 2.30. The zero-order chi connectivity index (χ0) is 15.6. The van der Waals surface area contributed by atoms with E-state index in [-0.39, 0.29) is 21.5 Å². The predicted molar refractivity (Wildman–Crippen MR) is 81.9 cm³/mol. The Morgan fingerprint density at radius 3 is 1.52 bits per heavy atom. The molecule has 0 aromatic heterocycles. The molecule has 0 saturated carbocycles. The smallest absolute Gasteiger partial charge is 0.399 e. The minimum absolute atomic E-state index is 0.0329. The molecule has 0 amide bonds. The maximum atomic E-state index is 11.8. The van der Waals surface area contributed by atoms with Crippen LogP contribution in [0.25, 0.3) is 0 Å². The lowest BCUT2D eigenvalue weighted by Crippen LogP contribution is -2.17. The summed E-state index contributed by atoms with van der Waals surface area (Å²) in [7, 11) is -4.41. The molecule has 4 N–H and O–H groups in total. The lowest BCUT2D eigenvalue weighted by Gasteiger charge is -2.10. The first-order valence-electron chi connectivity index (χ1n) is 5.51. The van der Waals surface area contributed by atoms with Crippen LogP contribution in [0.3, 0.4) is 0 Å². The standard InChI is InChI=1S/C12H10Cl2N2O4S/c13-9-5-7(15)1-3-11(9)19-21(17,18)20-12-4-2-8(16)6-10(12)14/h1-6H,15-16H2. The molecule has 0 unspecified atom stereocenters. The largest absolute Gasteiger partial charge is 0.501 e. The van der Waals surface area contributed by atoms with Crippen molar-refractivity contribution in [3.8, 4) is 11.5 Å². The summed E-state index contributed by atoms with van der Waals surface area (Å²) in [6, 6.07) is 8.19. The molecule has 9 heteroatoms. The van der Waals surface area contributed by atoms with Crippen LogP contribution in [0.1, 0.15) is 0 Å². The molecule has 0 spiro atoms. The van der Waals surface area contributed by atoms with E-state index >= 15 is 0 Å². The minimum atomic E-state index is -4.41. The average molecular weight is 349 g/mol. The van der Waals surface area contributed by atoms with Gasteiger partial charge in [0, 0.05) is 11.4 Å². The van der Waals surface area contributed by atoms with Gasteiger partial charge in [0.15, 0.2) is 11.5 Å². The van der Waals surface area contributed by atoms with Gasteiger partial charge in [-0.15, -0.1) is 8.42 Å². The molecule has 0 atom stereocenters. The number of halogens is 2. The summed E-state index contributed by atoms with van der Waals surface area (Å²) in [5.41, 5.74) is 11.7. The Balaban J connectivity index is 2.22. The van der Waals surface area contributed by atoms with E-state index in [0.717, 1.165) is 0 Å². The SMILES string of the molecule is Nc1ccc(OS(=O)(=O)Oc2ccc(N)cc2Cl)c(Cl)c1. The molecule has 0 aliphatic rings. The maximum Gasteiger partial charge on any atom is 0.501 e. The summed E-state index contributed by atoms with van der Waals surface area (Å²) in [5, 5.41) is 0.0659. The van der Waals surface area contributed by atoms with E-state index in [0.29, 0.717) is 11.4 Å². The van der Waals surface area contributed by atoms with Gasteiger partial charge in [0.05, 0.1) is 10.0 Å². The Morgan fingerprint density at radius 2 is 1.19 bits per heavy atom. The van der Waals surface area contributed by atoms with E-state index in [1.54, 1.807) is 0 Å². The lowest BCUT2D eigenvalue weighted by molar-refractivity contribution is 0.392. The summed E-state index contributed by atoms with van der Waals surface area (Å²) in [4.78, 5) is 0. The molecule has 0 fully saturated rings. The molecule has 0 bridgehead atoms. The second-order valence-corrected chi connectivity index (χ2v) is 5.92. The van der Waals surface area contributed by atoms with E-state index in [1.165, 1.54) is 36.4 Å². The van der Waals surface area contributed by atoms with E-state index in [4.69, 9.17) is 43.0 Å². The Kier molecular flexibility index (Phi) is 4.36. The average Bonchev–Trinajstić information content (AvgIpc) is 2.36. The molecule has 0 aliphatic carbocycles. The van der Waals surface area contributed by atoms with Crippen LogP contribution in [0.5, 0.6) is 11.5 Å². The van der Waals surface area contributed by atoms with Crippen molar-refractivity contribution in [3.63, 3.8) is 0 Å². The van der Waals surface area contributed by atoms with Crippen LogP contribution in [-0.4, -0.2) is 8.42 Å². The fourth-order valence-electron chi connectivity index (χ4n) is 1.41. The Bertz CT molecular complexity index is 721. The highest BCUT2D eigenvalue weighted by molar-refractivity contribution is 7.82. The highest BCUT2D eigenvalue weighted by Crippen LogP contribution is 2.31. The van der Waals surface area contributed by atoms with Gasteiger partial charge in [-0.1, -0.05) is 23.2 Å². The monoisotopic (exact) mass is 348 g/mol. The summed E-state index contributed by atoms with van der Waals surface area (Å²) in [6.45, 7) is 0. The van der Waals surface area contributed by atoms with Crippen LogP contribution >= 0.6 is 23.2 Å².